The Morgan fingerprint density at radius 2 is 1.76 bits per heavy atom. The molecular weight excluding hydrogens is 226 g/mol. The Labute approximate surface area is 106 Å². The smallest absolute Gasteiger partial charge is 0.278 e. The summed E-state index contributed by atoms with van der Waals surface area (Å²) in [6.07, 6.45) is 2.05. The van der Waals surface area contributed by atoms with E-state index in [9.17, 15) is 0 Å². The molecule has 17 heavy (non-hydrogen) atoms. The lowest BCUT2D eigenvalue weighted by molar-refractivity contribution is 0.334. The molecule has 3 heteroatoms. The fraction of sp³-hybridized carbons (Fsp3) is 0.500. The molecule has 1 rings (SSSR count). The highest BCUT2D eigenvalue weighted by molar-refractivity contribution is 6.69. The molecular formula is C14H23NOSi. The van der Waals surface area contributed by atoms with Crippen molar-refractivity contribution in [2.24, 2.45) is 5.16 Å². The largest absolute Gasteiger partial charge is 0.455 e. The van der Waals surface area contributed by atoms with Crippen molar-refractivity contribution in [1.29, 1.82) is 0 Å². The maximum atomic E-state index is 5.66. The van der Waals surface area contributed by atoms with E-state index in [2.05, 4.69) is 62.9 Å². The normalized spacial score (nSPS) is 12.6. The Kier molecular flexibility index (Phi) is 4.94. The van der Waals surface area contributed by atoms with Gasteiger partial charge in [0.25, 0.3) is 8.32 Å². The summed E-state index contributed by atoms with van der Waals surface area (Å²) >= 11 is 0. The van der Waals surface area contributed by atoms with Gasteiger partial charge < -0.3 is 4.53 Å². The third kappa shape index (κ3) is 5.17. The van der Waals surface area contributed by atoms with Crippen molar-refractivity contribution in [3.8, 4) is 0 Å². The van der Waals surface area contributed by atoms with E-state index in [1.165, 1.54) is 11.1 Å². The van der Waals surface area contributed by atoms with Crippen LogP contribution in [0.15, 0.2) is 29.4 Å². The van der Waals surface area contributed by atoms with Crippen LogP contribution in [0.5, 0.6) is 0 Å². The van der Waals surface area contributed by atoms with Crippen LogP contribution in [0.2, 0.25) is 19.6 Å². The Bertz CT molecular complexity index is 376. The van der Waals surface area contributed by atoms with Crippen LogP contribution in [-0.2, 0) is 4.53 Å². The second-order valence-electron chi connectivity index (χ2n) is 5.36. The number of oxime groups is 1. The van der Waals surface area contributed by atoms with Gasteiger partial charge in [-0.05, 0) is 38.5 Å². The Morgan fingerprint density at radius 3 is 2.24 bits per heavy atom. The number of aryl methyl sites for hydroxylation is 1. The second kappa shape index (κ2) is 6.01. The first kappa shape index (κ1) is 14.0. The lowest BCUT2D eigenvalue weighted by atomic mass is 10.0. The first-order chi connectivity index (χ1) is 7.92. The van der Waals surface area contributed by atoms with E-state index < -0.39 is 8.32 Å². The van der Waals surface area contributed by atoms with Crippen LogP contribution >= 0.6 is 0 Å². The molecule has 0 heterocycles. The van der Waals surface area contributed by atoms with Gasteiger partial charge in [-0.3, -0.25) is 0 Å². The van der Waals surface area contributed by atoms with E-state index in [0.717, 1.165) is 18.6 Å². The highest BCUT2D eigenvalue weighted by Gasteiger charge is 2.16. The van der Waals surface area contributed by atoms with E-state index in [4.69, 9.17) is 4.53 Å². The summed E-state index contributed by atoms with van der Waals surface area (Å²) < 4.78 is 5.66. The van der Waals surface area contributed by atoms with Gasteiger partial charge in [-0.25, -0.2) is 0 Å². The van der Waals surface area contributed by atoms with Crippen LogP contribution < -0.4 is 0 Å². The van der Waals surface area contributed by atoms with Crippen molar-refractivity contribution in [2.45, 2.75) is 46.3 Å². The topological polar surface area (TPSA) is 21.6 Å². The van der Waals surface area contributed by atoms with E-state index >= 15 is 0 Å². The van der Waals surface area contributed by atoms with Crippen molar-refractivity contribution in [3.63, 3.8) is 0 Å². The van der Waals surface area contributed by atoms with Gasteiger partial charge in [0.15, 0.2) is 0 Å². The monoisotopic (exact) mass is 249 g/mol. The highest BCUT2D eigenvalue weighted by atomic mass is 28.4. The Morgan fingerprint density at radius 1 is 1.18 bits per heavy atom. The SMILES string of the molecule is CCC/C(=N/O[Si](C)(C)C)c1ccc(C)cc1. The number of nitrogens with zero attached hydrogens (tertiary/aromatic N) is 1. The fourth-order valence-electron chi connectivity index (χ4n) is 1.42. The quantitative estimate of drug-likeness (QED) is 0.432. The third-order valence-electron chi connectivity index (χ3n) is 2.30. The molecule has 94 valence electrons. The van der Waals surface area contributed by atoms with Crippen molar-refractivity contribution in [1.82, 2.24) is 0 Å². The number of benzene rings is 1. The fourth-order valence-corrected chi connectivity index (χ4v) is 1.80. The Balaban J connectivity index is 2.88. The van der Waals surface area contributed by atoms with Crippen molar-refractivity contribution < 1.29 is 4.53 Å². The Hall–Kier alpha value is -1.09. The van der Waals surface area contributed by atoms with Crippen molar-refractivity contribution in [2.75, 3.05) is 0 Å². The standard InChI is InChI=1S/C14H23NOSi/c1-6-7-14(15-16-17(3,4)5)13-10-8-12(2)9-11-13/h8-11H,6-7H2,1-5H3/b15-14-. The summed E-state index contributed by atoms with van der Waals surface area (Å²) in [5.41, 5.74) is 3.52. The van der Waals surface area contributed by atoms with Crippen LogP contribution in [0.25, 0.3) is 0 Å². The predicted molar refractivity (Wildman–Crippen MR) is 77.1 cm³/mol. The molecule has 0 fully saturated rings. The molecule has 1 aromatic rings. The number of rotatable bonds is 5. The molecule has 0 unspecified atom stereocenters. The summed E-state index contributed by atoms with van der Waals surface area (Å²) in [6.45, 7) is 10.7. The van der Waals surface area contributed by atoms with Gasteiger partial charge in [0, 0.05) is 0 Å². The molecule has 0 amide bonds. The van der Waals surface area contributed by atoms with Crippen LogP contribution in [0.1, 0.15) is 30.9 Å². The molecule has 1 aromatic carbocycles. The summed E-state index contributed by atoms with van der Waals surface area (Å²) in [5, 5.41) is 4.36. The third-order valence-corrected chi connectivity index (χ3v) is 2.94. The first-order valence-electron chi connectivity index (χ1n) is 6.24. The number of hydrogen-bond acceptors (Lipinski definition) is 2. The van der Waals surface area contributed by atoms with E-state index in [0.29, 0.717) is 0 Å². The lowest BCUT2D eigenvalue weighted by Crippen LogP contribution is -2.23. The van der Waals surface area contributed by atoms with Gasteiger partial charge in [0.05, 0.1) is 5.71 Å². The zero-order valence-electron chi connectivity index (χ0n) is 11.6. The summed E-state index contributed by atoms with van der Waals surface area (Å²) in [6, 6.07) is 8.48. The van der Waals surface area contributed by atoms with Crippen LogP contribution in [0.4, 0.5) is 0 Å². The van der Waals surface area contributed by atoms with Gasteiger partial charge in [-0.1, -0.05) is 43.2 Å². The van der Waals surface area contributed by atoms with Crippen molar-refractivity contribution >= 4 is 14.0 Å². The van der Waals surface area contributed by atoms with Crippen molar-refractivity contribution in [3.05, 3.63) is 35.4 Å². The molecule has 0 bridgehead atoms. The van der Waals surface area contributed by atoms with Gasteiger partial charge in [-0.2, -0.15) is 0 Å². The van der Waals surface area contributed by atoms with Crippen LogP contribution in [-0.4, -0.2) is 14.0 Å². The number of hydrogen-bond donors (Lipinski definition) is 0. The average molecular weight is 249 g/mol. The minimum atomic E-state index is -1.58. The molecule has 0 aromatic heterocycles. The van der Waals surface area contributed by atoms with Gasteiger partial charge in [0.2, 0.25) is 0 Å². The average Bonchev–Trinajstić information content (AvgIpc) is 2.24. The predicted octanol–water partition coefficient (Wildman–Crippen LogP) is 4.35. The maximum absolute atomic E-state index is 5.66. The molecule has 0 aliphatic rings. The second-order valence-corrected chi connectivity index (χ2v) is 9.76. The summed E-state index contributed by atoms with van der Waals surface area (Å²) in [4.78, 5) is 0. The molecule has 2 nitrogen and oxygen atoms in total. The van der Waals surface area contributed by atoms with E-state index in [-0.39, 0.29) is 0 Å². The minimum Gasteiger partial charge on any atom is -0.455 e. The molecule has 0 aliphatic heterocycles. The van der Waals surface area contributed by atoms with Crippen LogP contribution in [0.3, 0.4) is 0 Å². The zero-order chi connectivity index (χ0) is 12.9. The van der Waals surface area contributed by atoms with Gasteiger partial charge >= 0.3 is 0 Å². The van der Waals surface area contributed by atoms with E-state index in [1.807, 2.05) is 0 Å². The minimum absolute atomic E-state index is 0.966. The molecule has 0 atom stereocenters. The molecule has 0 saturated carbocycles. The zero-order valence-corrected chi connectivity index (χ0v) is 12.6. The molecule has 0 N–H and O–H groups in total. The first-order valence-corrected chi connectivity index (χ1v) is 9.65. The van der Waals surface area contributed by atoms with Crippen LogP contribution in [0, 0.1) is 6.92 Å². The highest BCUT2D eigenvalue weighted by Crippen LogP contribution is 2.11. The molecule has 0 saturated heterocycles. The summed E-state index contributed by atoms with van der Waals surface area (Å²) in [7, 11) is -1.58. The maximum Gasteiger partial charge on any atom is 0.278 e. The molecule has 0 radical (unpaired) electrons. The molecule has 0 aliphatic carbocycles. The lowest BCUT2D eigenvalue weighted by Gasteiger charge is -2.15. The van der Waals surface area contributed by atoms with Gasteiger partial charge in [0.1, 0.15) is 0 Å². The summed E-state index contributed by atoms with van der Waals surface area (Å²) in [5.74, 6) is 0. The van der Waals surface area contributed by atoms with E-state index in [1.54, 1.807) is 0 Å². The molecule has 0 spiro atoms. The van der Waals surface area contributed by atoms with Gasteiger partial charge in [-0.15, -0.1) is 5.16 Å².